The largest absolute Gasteiger partial charge is 0.386 e. The van der Waals surface area contributed by atoms with E-state index in [9.17, 15) is 5.11 Å². The number of nitrogens with zero attached hydrogens (tertiary/aromatic N) is 3. The highest BCUT2D eigenvalue weighted by Crippen LogP contribution is 2.21. The molecule has 108 valence electrons. The van der Waals surface area contributed by atoms with Crippen molar-refractivity contribution in [1.29, 1.82) is 0 Å². The number of aromatic nitrogens is 3. The minimum Gasteiger partial charge on any atom is -0.386 e. The maximum atomic E-state index is 10.5. The second-order valence-electron chi connectivity index (χ2n) is 5.21. The Morgan fingerprint density at radius 3 is 2.55 bits per heavy atom. The third-order valence-electron chi connectivity index (χ3n) is 3.55. The summed E-state index contributed by atoms with van der Waals surface area (Å²) < 4.78 is 1.84. The van der Waals surface area contributed by atoms with E-state index in [0.29, 0.717) is 6.54 Å². The average molecular weight is 273 g/mol. The molecule has 1 aromatic carbocycles. The van der Waals surface area contributed by atoms with Crippen LogP contribution in [0.15, 0.2) is 18.2 Å². The van der Waals surface area contributed by atoms with Gasteiger partial charge in [0.25, 0.3) is 0 Å². The first-order valence-corrected chi connectivity index (χ1v) is 7.23. The molecule has 4 nitrogen and oxygen atoms in total. The molecule has 1 unspecified atom stereocenters. The predicted molar refractivity (Wildman–Crippen MR) is 79.7 cm³/mol. The molecule has 0 amide bonds. The highest BCUT2D eigenvalue weighted by atomic mass is 16.3. The van der Waals surface area contributed by atoms with Gasteiger partial charge in [-0.2, -0.15) is 5.10 Å². The van der Waals surface area contributed by atoms with Crippen molar-refractivity contribution in [2.75, 3.05) is 0 Å². The van der Waals surface area contributed by atoms with Crippen LogP contribution in [0, 0.1) is 13.8 Å². The number of benzene rings is 1. The van der Waals surface area contributed by atoms with Crippen molar-refractivity contribution in [3.8, 4) is 0 Å². The fourth-order valence-electron chi connectivity index (χ4n) is 2.45. The van der Waals surface area contributed by atoms with Crippen molar-refractivity contribution in [2.24, 2.45) is 0 Å². The molecule has 1 N–H and O–H groups in total. The molecule has 1 aromatic heterocycles. The van der Waals surface area contributed by atoms with E-state index in [1.165, 1.54) is 5.56 Å². The van der Waals surface area contributed by atoms with Gasteiger partial charge in [0.15, 0.2) is 5.82 Å². The van der Waals surface area contributed by atoms with Crippen LogP contribution in [-0.4, -0.2) is 19.9 Å². The zero-order chi connectivity index (χ0) is 14.7. The van der Waals surface area contributed by atoms with Gasteiger partial charge >= 0.3 is 0 Å². The van der Waals surface area contributed by atoms with Gasteiger partial charge in [0, 0.05) is 12.8 Å². The van der Waals surface area contributed by atoms with Gasteiger partial charge in [0.1, 0.15) is 5.82 Å². The first-order valence-electron chi connectivity index (χ1n) is 7.23. The van der Waals surface area contributed by atoms with E-state index in [1.807, 2.05) is 30.7 Å². The van der Waals surface area contributed by atoms with Gasteiger partial charge in [-0.05, 0) is 25.0 Å². The number of aryl methyl sites for hydroxylation is 4. The Labute approximate surface area is 120 Å². The van der Waals surface area contributed by atoms with Crippen molar-refractivity contribution in [3.63, 3.8) is 0 Å². The first kappa shape index (κ1) is 14.7. The molecule has 0 saturated carbocycles. The summed E-state index contributed by atoms with van der Waals surface area (Å²) in [6.07, 6.45) is 1.10. The van der Waals surface area contributed by atoms with Gasteiger partial charge in [-0.1, -0.05) is 37.6 Å². The monoisotopic (exact) mass is 273 g/mol. The van der Waals surface area contributed by atoms with Gasteiger partial charge in [-0.3, -0.25) is 0 Å². The van der Waals surface area contributed by atoms with E-state index in [1.54, 1.807) is 0 Å². The zero-order valence-corrected chi connectivity index (χ0v) is 12.7. The molecule has 1 heterocycles. The van der Waals surface area contributed by atoms with Gasteiger partial charge in [0.2, 0.25) is 0 Å². The fraction of sp³-hybridized carbons (Fsp3) is 0.500. The molecule has 0 spiro atoms. The average Bonchev–Trinajstić information content (AvgIpc) is 2.80. The summed E-state index contributed by atoms with van der Waals surface area (Å²) in [5.41, 5.74) is 3.29. The molecule has 2 rings (SSSR count). The molecule has 20 heavy (non-hydrogen) atoms. The second kappa shape index (κ2) is 6.18. The summed E-state index contributed by atoms with van der Waals surface area (Å²) in [6.45, 7) is 8.65. The molecule has 0 aliphatic rings. The molecule has 4 heteroatoms. The standard InChI is InChI=1S/C16H23N3O/c1-5-15-17-16(6-2)19(18-15)10-14(20)13-8-7-11(3)9-12(13)4/h7-9,14,20H,5-6,10H2,1-4H3. The highest BCUT2D eigenvalue weighted by Gasteiger charge is 2.15. The van der Waals surface area contributed by atoms with E-state index in [-0.39, 0.29) is 0 Å². The summed E-state index contributed by atoms with van der Waals surface area (Å²) >= 11 is 0. The van der Waals surface area contributed by atoms with Gasteiger partial charge in [-0.15, -0.1) is 0 Å². The van der Waals surface area contributed by atoms with Crippen molar-refractivity contribution in [2.45, 2.75) is 53.2 Å². The molecule has 0 radical (unpaired) electrons. The van der Waals surface area contributed by atoms with E-state index in [4.69, 9.17) is 0 Å². The lowest BCUT2D eigenvalue weighted by Gasteiger charge is -2.15. The smallest absolute Gasteiger partial charge is 0.150 e. The number of hydrogen-bond donors (Lipinski definition) is 1. The van der Waals surface area contributed by atoms with Crippen LogP contribution in [0.25, 0.3) is 0 Å². The van der Waals surface area contributed by atoms with E-state index in [2.05, 4.69) is 30.0 Å². The van der Waals surface area contributed by atoms with Crippen LogP contribution in [-0.2, 0) is 19.4 Å². The molecule has 0 fully saturated rings. The van der Waals surface area contributed by atoms with Gasteiger partial charge < -0.3 is 5.11 Å². The van der Waals surface area contributed by atoms with Crippen LogP contribution in [0.3, 0.4) is 0 Å². The Hall–Kier alpha value is -1.68. The quantitative estimate of drug-likeness (QED) is 0.911. The van der Waals surface area contributed by atoms with E-state index < -0.39 is 6.10 Å². The maximum absolute atomic E-state index is 10.5. The van der Waals surface area contributed by atoms with E-state index >= 15 is 0 Å². The second-order valence-corrected chi connectivity index (χ2v) is 5.21. The van der Waals surface area contributed by atoms with Crippen LogP contribution in [0.5, 0.6) is 0 Å². The number of hydrogen-bond acceptors (Lipinski definition) is 3. The minimum absolute atomic E-state index is 0.458. The van der Waals surface area contributed by atoms with E-state index in [0.717, 1.165) is 35.6 Å². The number of aliphatic hydroxyl groups excluding tert-OH is 1. The summed E-state index contributed by atoms with van der Waals surface area (Å²) in [6, 6.07) is 6.13. The summed E-state index contributed by atoms with van der Waals surface area (Å²) in [5.74, 6) is 1.78. The summed E-state index contributed by atoms with van der Waals surface area (Å²) in [4.78, 5) is 4.47. The first-order chi connectivity index (χ1) is 9.55. The maximum Gasteiger partial charge on any atom is 0.150 e. The molecule has 0 aliphatic carbocycles. The van der Waals surface area contributed by atoms with Crippen molar-refractivity contribution in [3.05, 3.63) is 46.5 Å². The summed E-state index contributed by atoms with van der Waals surface area (Å²) in [7, 11) is 0. The van der Waals surface area contributed by atoms with Crippen LogP contribution >= 0.6 is 0 Å². The Kier molecular flexibility index (Phi) is 4.55. The third kappa shape index (κ3) is 3.07. The SMILES string of the molecule is CCc1nc(CC)n(CC(O)c2ccc(C)cc2C)n1. The molecule has 1 atom stereocenters. The number of aliphatic hydroxyl groups is 1. The molecule has 0 saturated heterocycles. The van der Waals surface area contributed by atoms with Gasteiger partial charge in [-0.25, -0.2) is 9.67 Å². The van der Waals surface area contributed by atoms with Crippen LogP contribution in [0.1, 0.15) is 48.3 Å². The Morgan fingerprint density at radius 1 is 1.20 bits per heavy atom. The molecule has 0 aliphatic heterocycles. The molecule has 2 aromatic rings. The number of rotatable bonds is 5. The van der Waals surface area contributed by atoms with Crippen molar-refractivity contribution < 1.29 is 5.11 Å². The summed E-state index contributed by atoms with van der Waals surface area (Å²) in [5, 5.41) is 14.9. The molecular formula is C16H23N3O. The zero-order valence-electron chi connectivity index (χ0n) is 12.7. The lowest BCUT2D eigenvalue weighted by molar-refractivity contribution is 0.149. The van der Waals surface area contributed by atoms with Crippen LogP contribution in [0.2, 0.25) is 0 Å². The van der Waals surface area contributed by atoms with Gasteiger partial charge in [0.05, 0.1) is 12.6 Å². The Bertz CT molecular complexity index is 589. The lowest BCUT2D eigenvalue weighted by atomic mass is 10.0. The minimum atomic E-state index is -0.549. The lowest BCUT2D eigenvalue weighted by Crippen LogP contribution is -2.13. The van der Waals surface area contributed by atoms with Crippen molar-refractivity contribution >= 4 is 0 Å². The van der Waals surface area contributed by atoms with Crippen LogP contribution < -0.4 is 0 Å². The topological polar surface area (TPSA) is 50.9 Å². The van der Waals surface area contributed by atoms with Crippen LogP contribution in [0.4, 0.5) is 0 Å². The Balaban J connectivity index is 2.22. The predicted octanol–water partition coefficient (Wildman–Crippen LogP) is 2.75. The Morgan fingerprint density at radius 2 is 1.95 bits per heavy atom. The highest BCUT2D eigenvalue weighted by molar-refractivity contribution is 5.31. The molecular weight excluding hydrogens is 250 g/mol. The molecule has 0 bridgehead atoms. The normalized spacial score (nSPS) is 12.7. The third-order valence-corrected chi connectivity index (χ3v) is 3.55. The van der Waals surface area contributed by atoms with Crippen molar-refractivity contribution in [1.82, 2.24) is 14.8 Å². The fourth-order valence-corrected chi connectivity index (χ4v) is 2.45.